The van der Waals surface area contributed by atoms with Gasteiger partial charge in [-0.1, -0.05) is 38.5 Å². The SMILES string of the molecule is NCC1(NC2CCCCC2)CCCCC1. The van der Waals surface area contributed by atoms with Crippen LogP contribution in [0.25, 0.3) is 0 Å². The smallest absolute Gasteiger partial charge is 0.0306 e. The fraction of sp³-hybridized carbons (Fsp3) is 1.00. The summed E-state index contributed by atoms with van der Waals surface area (Å²) in [6, 6.07) is 0.764. The van der Waals surface area contributed by atoms with Crippen molar-refractivity contribution in [3.63, 3.8) is 0 Å². The van der Waals surface area contributed by atoms with Crippen molar-refractivity contribution in [1.82, 2.24) is 5.32 Å². The molecule has 0 unspecified atom stereocenters. The Morgan fingerprint density at radius 1 is 0.933 bits per heavy atom. The minimum atomic E-state index is 0.306. The molecule has 2 fully saturated rings. The lowest BCUT2D eigenvalue weighted by Crippen LogP contribution is -2.56. The molecule has 2 heteroatoms. The molecule has 0 amide bonds. The van der Waals surface area contributed by atoms with E-state index >= 15 is 0 Å². The number of hydrogen-bond donors (Lipinski definition) is 2. The summed E-state index contributed by atoms with van der Waals surface area (Å²) in [6.07, 6.45) is 13.8. The van der Waals surface area contributed by atoms with Gasteiger partial charge < -0.3 is 11.1 Å². The van der Waals surface area contributed by atoms with Crippen LogP contribution in [0.4, 0.5) is 0 Å². The maximum Gasteiger partial charge on any atom is 0.0306 e. The third-order valence-electron chi connectivity index (χ3n) is 4.32. The Morgan fingerprint density at radius 3 is 2.13 bits per heavy atom. The lowest BCUT2D eigenvalue weighted by molar-refractivity contribution is 0.193. The highest BCUT2D eigenvalue weighted by atomic mass is 15.0. The third kappa shape index (κ3) is 2.94. The average Bonchev–Trinajstić information content (AvgIpc) is 2.32. The van der Waals surface area contributed by atoms with Crippen molar-refractivity contribution in [3.8, 4) is 0 Å². The minimum Gasteiger partial charge on any atom is -0.329 e. The van der Waals surface area contributed by atoms with Crippen molar-refractivity contribution in [1.29, 1.82) is 0 Å². The summed E-state index contributed by atoms with van der Waals surface area (Å²) in [7, 11) is 0. The molecule has 0 saturated heterocycles. The maximum atomic E-state index is 5.99. The molecule has 0 aromatic carbocycles. The van der Waals surface area contributed by atoms with Crippen LogP contribution in [0.5, 0.6) is 0 Å². The number of hydrogen-bond acceptors (Lipinski definition) is 2. The second-order valence-corrected chi connectivity index (χ2v) is 5.52. The van der Waals surface area contributed by atoms with Crippen molar-refractivity contribution in [2.24, 2.45) is 5.73 Å². The van der Waals surface area contributed by atoms with Gasteiger partial charge in [0.25, 0.3) is 0 Å². The fourth-order valence-corrected chi connectivity index (χ4v) is 3.32. The topological polar surface area (TPSA) is 38.0 Å². The molecule has 0 spiro atoms. The van der Waals surface area contributed by atoms with Gasteiger partial charge in [0, 0.05) is 18.1 Å². The van der Waals surface area contributed by atoms with Crippen LogP contribution in [0.3, 0.4) is 0 Å². The molecule has 0 aromatic rings. The zero-order chi connectivity index (χ0) is 10.6. The summed E-state index contributed by atoms with van der Waals surface area (Å²) in [6.45, 7) is 0.837. The summed E-state index contributed by atoms with van der Waals surface area (Å²) in [5, 5.41) is 3.90. The summed E-state index contributed by atoms with van der Waals surface area (Å²) in [5.41, 5.74) is 6.30. The molecule has 0 atom stereocenters. The third-order valence-corrected chi connectivity index (χ3v) is 4.32. The first-order chi connectivity index (χ1) is 7.35. The highest BCUT2D eigenvalue weighted by Gasteiger charge is 2.32. The Hall–Kier alpha value is -0.0800. The van der Waals surface area contributed by atoms with Crippen LogP contribution in [0.15, 0.2) is 0 Å². The second-order valence-electron chi connectivity index (χ2n) is 5.52. The van der Waals surface area contributed by atoms with Crippen molar-refractivity contribution in [2.45, 2.75) is 75.8 Å². The van der Waals surface area contributed by atoms with Crippen LogP contribution < -0.4 is 11.1 Å². The summed E-state index contributed by atoms with van der Waals surface area (Å²) < 4.78 is 0. The van der Waals surface area contributed by atoms with Gasteiger partial charge in [0.1, 0.15) is 0 Å². The van der Waals surface area contributed by atoms with E-state index in [2.05, 4.69) is 5.32 Å². The van der Waals surface area contributed by atoms with Gasteiger partial charge in [0.2, 0.25) is 0 Å². The van der Waals surface area contributed by atoms with Gasteiger partial charge in [-0.2, -0.15) is 0 Å². The predicted molar refractivity (Wildman–Crippen MR) is 64.9 cm³/mol. The van der Waals surface area contributed by atoms with E-state index in [9.17, 15) is 0 Å². The zero-order valence-electron chi connectivity index (χ0n) is 9.93. The Labute approximate surface area is 94.0 Å². The number of rotatable bonds is 3. The van der Waals surface area contributed by atoms with Gasteiger partial charge in [-0.25, -0.2) is 0 Å². The molecule has 0 aromatic heterocycles. The highest BCUT2D eigenvalue weighted by molar-refractivity contribution is 4.94. The second kappa shape index (κ2) is 5.31. The highest BCUT2D eigenvalue weighted by Crippen LogP contribution is 2.30. The van der Waals surface area contributed by atoms with E-state index in [0.717, 1.165) is 12.6 Å². The first-order valence-electron chi connectivity index (χ1n) is 6.82. The molecule has 0 radical (unpaired) electrons. The van der Waals surface area contributed by atoms with E-state index in [4.69, 9.17) is 5.73 Å². The van der Waals surface area contributed by atoms with Gasteiger partial charge in [0.15, 0.2) is 0 Å². The van der Waals surface area contributed by atoms with Crippen molar-refractivity contribution in [2.75, 3.05) is 6.54 Å². The van der Waals surface area contributed by atoms with Crippen LogP contribution in [-0.4, -0.2) is 18.1 Å². The summed E-state index contributed by atoms with van der Waals surface area (Å²) >= 11 is 0. The molecular weight excluding hydrogens is 184 g/mol. The van der Waals surface area contributed by atoms with Gasteiger partial charge in [-0.05, 0) is 25.7 Å². The van der Waals surface area contributed by atoms with E-state index in [-0.39, 0.29) is 0 Å². The van der Waals surface area contributed by atoms with Gasteiger partial charge in [-0.15, -0.1) is 0 Å². The number of nitrogens with two attached hydrogens (primary N) is 1. The van der Waals surface area contributed by atoms with Crippen LogP contribution in [0.1, 0.15) is 64.2 Å². The van der Waals surface area contributed by atoms with Crippen LogP contribution >= 0.6 is 0 Å². The first-order valence-corrected chi connectivity index (χ1v) is 6.82. The zero-order valence-corrected chi connectivity index (χ0v) is 9.93. The molecule has 0 heterocycles. The molecule has 0 bridgehead atoms. The Kier molecular flexibility index (Phi) is 4.04. The van der Waals surface area contributed by atoms with Crippen molar-refractivity contribution >= 4 is 0 Å². The van der Waals surface area contributed by atoms with Crippen LogP contribution in [-0.2, 0) is 0 Å². The molecule has 2 aliphatic rings. The molecule has 2 nitrogen and oxygen atoms in total. The molecule has 2 rings (SSSR count). The van der Waals surface area contributed by atoms with Crippen molar-refractivity contribution < 1.29 is 0 Å². The first kappa shape index (κ1) is 11.4. The average molecular weight is 210 g/mol. The molecule has 3 N–H and O–H groups in total. The fourth-order valence-electron chi connectivity index (χ4n) is 3.32. The summed E-state index contributed by atoms with van der Waals surface area (Å²) in [4.78, 5) is 0. The van der Waals surface area contributed by atoms with E-state index in [1.807, 2.05) is 0 Å². The van der Waals surface area contributed by atoms with Crippen LogP contribution in [0, 0.1) is 0 Å². The van der Waals surface area contributed by atoms with Crippen LogP contribution in [0.2, 0.25) is 0 Å². The Bertz CT molecular complexity index is 179. The van der Waals surface area contributed by atoms with E-state index < -0.39 is 0 Å². The van der Waals surface area contributed by atoms with Gasteiger partial charge in [0.05, 0.1) is 0 Å². The maximum absolute atomic E-state index is 5.99. The standard InChI is InChI=1S/C13H26N2/c14-11-13(9-5-2-6-10-13)15-12-7-3-1-4-8-12/h12,15H,1-11,14H2. The lowest BCUT2D eigenvalue weighted by atomic mass is 9.80. The Morgan fingerprint density at radius 2 is 1.53 bits per heavy atom. The van der Waals surface area contributed by atoms with E-state index in [0.29, 0.717) is 5.54 Å². The quantitative estimate of drug-likeness (QED) is 0.751. The normalized spacial score (nSPS) is 27.8. The molecule has 2 saturated carbocycles. The molecule has 0 aliphatic heterocycles. The van der Waals surface area contributed by atoms with E-state index in [1.54, 1.807) is 0 Å². The Balaban J connectivity index is 1.87. The molecule has 2 aliphatic carbocycles. The van der Waals surface area contributed by atoms with E-state index in [1.165, 1.54) is 64.2 Å². The lowest BCUT2D eigenvalue weighted by Gasteiger charge is -2.41. The molecule has 88 valence electrons. The van der Waals surface area contributed by atoms with Gasteiger partial charge >= 0.3 is 0 Å². The van der Waals surface area contributed by atoms with Crippen molar-refractivity contribution in [3.05, 3.63) is 0 Å². The molecule has 15 heavy (non-hydrogen) atoms. The predicted octanol–water partition coefficient (Wildman–Crippen LogP) is 2.57. The van der Waals surface area contributed by atoms with Gasteiger partial charge in [-0.3, -0.25) is 0 Å². The summed E-state index contributed by atoms with van der Waals surface area (Å²) in [5.74, 6) is 0. The number of nitrogens with one attached hydrogen (secondary N) is 1. The monoisotopic (exact) mass is 210 g/mol. The largest absolute Gasteiger partial charge is 0.329 e. The minimum absolute atomic E-state index is 0.306. The molecular formula is C13H26N2.